The predicted molar refractivity (Wildman–Crippen MR) is 112 cm³/mol. The molecule has 9 heteroatoms. The number of rotatable bonds is 7. The molecule has 1 amide bonds. The summed E-state index contributed by atoms with van der Waals surface area (Å²) in [7, 11) is -3.69. The SMILES string of the molecule is CC(C)C(CS(=O)(=O)c1ccccc1)C(=O)CC1Cc2ocnc2CCNC(=O)C1=O. The molecule has 8 nitrogen and oxygen atoms in total. The lowest BCUT2D eigenvalue weighted by molar-refractivity contribution is -0.141. The molecule has 1 aromatic carbocycles. The number of nitrogens with zero attached hydrogens (tertiary/aromatic N) is 1. The number of benzene rings is 1. The van der Waals surface area contributed by atoms with Crippen LogP contribution in [0.1, 0.15) is 31.7 Å². The van der Waals surface area contributed by atoms with Crippen LogP contribution in [-0.4, -0.2) is 43.2 Å². The Morgan fingerprint density at radius 3 is 2.61 bits per heavy atom. The number of hydrogen-bond donors (Lipinski definition) is 1. The van der Waals surface area contributed by atoms with Crippen LogP contribution in [0.25, 0.3) is 0 Å². The van der Waals surface area contributed by atoms with Gasteiger partial charge in [-0.05, 0) is 18.1 Å². The topological polar surface area (TPSA) is 123 Å². The average Bonchev–Trinajstić information content (AvgIpc) is 3.18. The maximum absolute atomic E-state index is 13.2. The Balaban J connectivity index is 1.82. The van der Waals surface area contributed by atoms with Crippen LogP contribution in [0.4, 0.5) is 0 Å². The standard InChI is InChI=1S/C22H26N2O6S/c1-14(2)17(12-31(28,29)16-6-4-3-5-7-16)19(25)10-15-11-20-18(24-13-30-20)8-9-23-22(27)21(15)26/h3-7,13-15,17H,8-12H2,1-2H3,(H,23,27). The van der Waals surface area contributed by atoms with Crippen LogP contribution in [0, 0.1) is 17.8 Å². The Morgan fingerprint density at radius 2 is 1.94 bits per heavy atom. The van der Waals surface area contributed by atoms with Gasteiger partial charge in [0.25, 0.3) is 5.91 Å². The van der Waals surface area contributed by atoms with Crippen molar-refractivity contribution in [3.05, 3.63) is 48.2 Å². The van der Waals surface area contributed by atoms with Crippen molar-refractivity contribution in [2.75, 3.05) is 12.3 Å². The number of aromatic nitrogens is 1. The number of ketones is 2. The zero-order valence-corrected chi connectivity index (χ0v) is 18.4. The quantitative estimate of drug-likeness (QED) is 0.643. The molecule has 2 atom stereocenters. The van der Waals surface area contributed by atoms with Crippen LogP contribution in [0.5, 0.6) is 0 Å². The average molecular weight is 447 g/mol. The lowest BCUT2D eigenvalue weighted by Gasteiger charge is -2.22. The van der Waals surface area contributed by atoms with Gasteiger partial charge >= 0.3 is 0 Å². The van der Waals surface area contributed by atoms with Crippen molar-refractivity contribution in [3.63, 3.8) is 0 Å². The molecule has 2 aromatic rings. The highest BCUT2D eigenvalue weighted by atomic mass is 32.2. The zero-order valence-electron chi connectivity index (χ0n) is 17.5. The van der Waals surface area contributed by atoms with Gasteiger partial charge in [-0.3, -0.25) is 14.4 Å². The number of amides is 1. The molecule has 1 aromatic heterocycles. The highest BCUT2D eigenvalue weighted by molar-refractivity contribution is 7.91. The van der Waals surface area contributed by atoms with Gasteiger partial charge in [0, 0.05) is 37.6 Å². The molecule has 0 saturated heterocycles. The summed E-state index contributed by atoms with van der Waals surface area (Å²) >= 11 is 0. The second-order valence-electron chi connectivity index (χ2n) is 8.11. The molecule has 1 aliphatic rings. The van der Waals surface area contributed by atoms with Gasteiger partial charge in [-0.15, -0.1) is 0 Å². The van der Waals surface area contributed by atoms with E-state index < -0.39 is 33.4 Å². The minimum absolute atomic E-state index is 0.0730. The van der Waals surface area contributed by atoms with Crippen LogP contribution >= 0.6 is 0 Å². The van der Waals surface area contributed by atoms with Crippen molar-refractivity contribution in [3.8, 4) is 0 Å². The van der Waals surface area contributed by atoms with Crippen molar-refractivity contribution < 1.29 is 27.2 Å². The van der Waals surface area contributed by atoms with E-state index in [-0.39, 0.29) is 41.7 Å². The third-order valence-corrected chi connectivity index (χ3v) is 7.35. The van der Waals surface area contributed by atoms with Crippen molar-refractivity contribution in [1.29, 1.82) is 0 Å². The lowest BCUT2D eigenvalue weighted by atomic mass is 9.84. The molecule has 2 heterocycles. The number of carbonyl (C=O) groups excluding carboxylic acids is 3. The van der Waals surface area contributed by atoms with Gasteiger partial charge in [-0.25, -0.2) is 13.4 Å². The molecule has 1 N–H and O–H groups in total. The van der Waals surface area contributed by atoms with E-state index in [4.69, 9.17) is 4.42 Å². The molecule has 0 fully saturated rings. The van der Waals surface area contributed by atoms with Crippen LogP contribution in [0.2, 0.25) is 0 Å². The van der Waals surface area contributed by atoms with Gasteiger partial charge in [-0.1, -0.05) is 32.0 Å². The molecule has 2 unspecified atom stereocenters. The first-order valence-corrected chi connectivity index (χ1v) is 11.9. The zero-order chi connectivity index (χ0) is 22.6. The fourth-order valence-corrected chi connectivity index (χ4v) is 5.53. The molecule has 3 rings (SSSR count). The first-order valence-electron chi connectivity index (χ1n) is 10.2. The van der Waals surface area contributed by atoms with E-state index in [9.17, 15) is 22.8 Å². The van der Waals surface area contributed by atoms with Crippen molar-refractivity contribution >= 4 is 27.3 Å². The molecule has 0 radical (unpaired) electrons. The molecule has 1 aliphatic heterocycles. The number of nitrogens with one attached hydrogen (secondary N) is 1. The number of oxazole rings is 1. The molecule has 0 spiro atoms. The summed E-state index contributed by atoms with van der Waals surface area (Å²) in [5, 5.41) is 2.54. The van der Waals surface area contributed by atoms with Crippen molar-refractivity contribution in [2.45, 2.75) is 38.0 Å². The van der Waals surface area contributed by atoms with E-state index in [1.165, 1.54) is 18.5 Å². The second kappa shape index (κ2) is 9.55. The van der Waals surface area contributed by atoms with Gasteiger partial charge in [-0.2, -0.15) is 0 Å². The highest BCUT2D eigenvalue weighted by Crippen LogP contribution is 2.25. The number of fused-ring (bicyclic) bond motifs is 1. The van der Waals surface area contributed by atoms with E-state index in [0.29, 0.717) is 17.9 Å². The number of sulfone groups is 1. The van der Waals surface area contributed by atoms with Crippen molar-refractivity contribution in [2.24, 2.45) is 17.8 Å². The lowest BCUT2D eigenvalue weighted by Crippen LogP contribution is -2.38. The minimum Gasteiger partial charge on any atom is -0.448 e. The summed E-state index contributed by atoms with van der Waals surface area (Å²) in [5.74, 6) is -3.68. The first-order chi connectivity index (χ1) is 14.7. The molecular formula is C22H26N2O6S. The predicted octanol–water partition coefficient (Wildman–Crippen LogP) is 1.78. The Morgan fingerprint density at radius 1 is 1.23 bits per heavy atom. The Kier molecular flexibility index (Phi) is 7.04. The van der Waals surface area contributed by atoms with Gasteiger partial charge in [0.1, 0.15) is 11.5 Å². The number of hydrogen-bond acceptors (Lipinski definition) is 7. The number of carbonyl (C=O) groups is 3. The first kappa shape index (κ1) is 22.9. The largest absolute Gasteiger partial charge is 0.448 e. The normalized spacial score (nSPS) is 18.5. The van der Waals surface area contributed by atoms with E-state index in [0.717, 1.165) is 0 Å². The second-order valence-corrected chi connectivity index (χ2v) is 10.1. The molecule has 0 bridgehead atoms. The molecule has 166 valence electrons. The monoisotopic (exact) mass is 446 g/mol. The minimum atomic E-state index is -3.69. The summed E-state index contributed by atoms with van der Waals surface area (Å²) in [6, 6.07) is 7.96. The maximum atomic E-state index is 13.2. The third kappa shape index (κ3) is 5.46. The number of Topliss-reactive ketones (excluding diaryl/α,β-unsaturated/α-hetero) is 2. The van der Waals surface area contributed by atoms with Crippen LogP contribution in [0.3, 0.4) is 0 Å². The van der Waals surface area contributed by atoms with E-state index >= 15 is 0 Å². The van der Waals surface area contributed by atoms with Gasteiger partial charge < -0.3 is 9.73 Å². The summed E-state index contributed by atoms with van der Waals surface area (Å²) in [5.41, 5.74) is 0.638. The van der Waals surface area contributed by atoms with Gasteiger partial charge in [0.05, 0.1) is 16.3 Å². The van der Waals surface area contributed by atoms with Crippen LogP contribution in [0.15, 0.2) is 46.0 Å². The summed E-state index contributed by atoms with van der Waals surface area (Å²) < 4.78 is 31.0. The Labute approximate surface area is 181 Å². The molecule has 0 saturated carbocycles. The fraction of sp³-hybridized carbons (Fsp3) is 0.455. The van der Waals surface area contributed by atoms with Gasteiger partial charge in [0.2, 0.25) is 5.78 Å². The maximum Gasteiger partial charge on any atom is 0.287 e. The molecule has 31 heavy (non-hydrogen) atoms. The van der Waals surface area contributed by atoms with E-state index in [1.54, 1.807) is 32.0 Å². The van der Waals surface area contributed by atoms with Crippen molar-refractivity contribution in [1.82, 2.24) is 10.3 Å². The van der Waals surface area contributed by atoms with Crippen LogP contribution < -0.4 is 5.32 Å². The summed E-state index contributed by atoms with van der Waals surface area (Å²) in [4.78, 5) is 42.3. The third-order valence-electron chi connectivity index (χ3n) is 5.57. The van der Waals surface area contributed by atoms with E-state index in [2.05, 4.69) is 10.3 Å². The molecule has 0 aliphatic carbocycles. The molecular weight excluding hydrogens is 420 g/mol. The Bertz CT molecular complexity index is 1060. The Hall–Kier alpha value is -2.81. The smallest absolute Gasteiger partial charge is 0.287 e. The van der Waals surface area contributed by atoms with E-state index in [1.807, 2.05) is 0 Å². The fourth-order valence-electron chi connectivity index (χ4n) is 3.72. The van der Waals surface area contributed by atoms with Crippen LogP contribution in [-0.2, 0) is 37.1 Å². The highest BCUT2D eigenvalue weighted by Gasteiger charge is 2.35. The summed E-state index contributed by atoms with van der Waals surface area (Å²) in [6.45, 7) is 3.79. The van der Waals surface area contributed by atoms with Gasteiger partial charge in [0.15, 0.2) is 16.2 Å². The summed E-state index contributed by atoms with van der Waals surface area (Å²) in [6.07, 6.45) is 1.54.